The van der Waals surface area contributed by atoms with Crippen molar-refractivity contribution < 1.29 is 0 Å². The number of hydrogen-bond acceptors (Lipinski definition) is 2. The van der Waals surface area contributed by atoms with Crippen LogP contribution < -0.4 is 0 Å². The maximum absolute atomic E-state index is 2.52. The summed E-state index contributed by atoms with van der Waals surface area (Å²) in [7, 11) is 2.22. The molecule has 2 nitrogen and oxygen atoms in total. The van der Waals surface area contributed by atoms with Gasteiger partial charge in [0.1, 0.15) is 0 Å². The summed E-state index contributed by atoms with van der Waals surface area (Å²) in [5.74, 6) is 1.64. The molecule has 1 rings (SSSR count). The van der Waals surface area contributed by atoms with Crippen LogP contribution in [0.25, 0.3) is 0 Å². The summed E-state index contributed by atoms with van der Waals surface area (Å²) >= 11 is 0. The minimum Gasteiger partial charge on any atom is -0.305 e. The van der Waals surface area contributed by atoms with E-state index in [1.54, 1.807) is 0 Å². The van der Waals surface area contributed by atoms with E-state index in [4.69, 9.17) is 0 Å². The SMILES string of the molecule is C/C=C\C1CC1/C=C/CN(CC)CCN(C)CCC.CC. The van der Waals surface area contributed by atoms with Crippen LogP contribution in [-0.4, -0.2) is 49.6 Å². The molecule has 0 radical (unpaired) electrons. The lowest BCUT2D eigenvalue weighted by Gasteiger charge is -2.22. The molecule has 0 bridgehead atoms. The minimum absolute atomic E-state index is 0.817. The topological polar surface area (TPSA) is 6.48 Å². The van der Waals surface area contributed by atoms with Crippen molar-refractivity contribution in [3.8, 4) is 0 Å². The molecular formula is C19H38N2. The number of nitrogens with zero attached hydrogens (tertiary/aromatic N) is 2. The third-order valence-corrected chi connectivity index (χ3v) is 3.93. The molecule has 0 aliphatic heterocycles. The Bertz CT molecular complexity index is 283. The fourth-order valence-corrected chi connectivity index (χ4v) is 2.49. The number of rotatable bonds is 10. The van der Waals surface area contributed by atoms with Crippen molar-refractivity contribution in [3.63, 3.8) is 0 Å². The van der Waals surface area contributed by atoms with Crippen LogP contribution in [0, 0.1) is 11.8 Å². The summed E-state index contributed by atoms with van der Waals surface area (Å²) in [5, 5.41) is 0. The Labute approximate surface area is 133 Å². The predicted octanol–water partition coefficient (Wildman–Crippen LogP) is 4.44. The van der Waals surface area contributed by atoms with Gasteiger partial charge in [-0.25, -0.2) is 0 Å². The Morgan fingerprint density at radius 2 is 1.67 bits per heavy atom. The minimum atomic E-state index is 0.817. The summed E-state index contributed by atoms with van der Waals surface area (Å²) in [6, 6.07) is 0. The van der Waals surface area contributed by atoms with Gasteiger partial charge in [0, 0.05) is 19.6 Å². The molecule has 0 aromatic heterocycles. The second-order valence-electron chi connectivity index (χ2n) is 5.71. The zero-order valence-corrected chi connectivity index (χ0v) is 15.3. The van der Waals surface area contributed by atoms with Crippen LogP contribution in [0.5, 0.6) is 0 Å². The molecule has 0 saturated heterocycles. The Kier molecular flexibility index (Phi) is 12.7. The van der Waals surface area contributed by atoms with E-state index in [2.05, 4.69) is 61.9 Å². The smallest absolute Gasteiger partial charge is 0.0163 e. The van der Waals surface area contributed by atoms with Crippen LogP contribution in [0.4, 0.5) is 0 Å². The molecule has 2 atom stereocenters. The van der Waals surface area contributed by atoms with Crippen LogP contribution in [0.1, 0.15) is 47.5 Å². The highest BCUT2D eigenvalue weighted by molar-refractivity contribution is 5.10. The van der Waals surface area contributed by atoms with Crippen LogP contribution in [0.3, 0.4) is 0 Å². The van der Waals surface area contributed by atoms with Crippen molar-refractivity contribution in [2.45, 2.75) is 47.5 Å². The molecule has 124 valence electrons. The molecule has 0 heterocycles. The van der Waals surface area contributed by atoms with E-state index in [1.165, 1.54) is 32.5 Å². The highest BCUT2D eigenvalue weighted by atomic mass is 15.2. The summed E-state index contributed by atoms with van der Waals surface area (Å²) in [5.41, 5.74) is 0. The van der Waals surface area contributed by atoms with Crippen LogP contribution >= 0.6 is 0 Å². The van der Waals surface area contributed by atoms with Gasteiger partial charge in [0.15, 0.2) is 0 Å². The van der Waals surface area contributed by atoms with Crippen LogP contribution in [0.15, 0.2) is 24.3 Å². The van der Waals surface area contributed by atoms with Gasteiger partial charge in [0.05, 0.1) is 0 Å². The number of hydrogen-bond donors (Lipinski definition) is 0. The third-order valence-electron chi connectivity index (χ3n) is 3.93. The first-order chi connectivity index (χ1) is 10.2. The molecule has 1 saturated carbocycles. The summed E-state index contributed by atoms with van der Waals surface area (Å²) in [6.45, 7) is 16.4. The van der Waals surface area contributed by atoms with Gasteiger partial charge in [-0.3, -0.25) is 4.90 Å². The maximum atomic E-state index is 2.52. The van der Waals surface area contributed by atoms with E-state index >= 15 is 0 Å². The van der Waals surface area contributed by atoms with E-state index < -0.39 is 0 Å². The van der Waals surface area contributed by atoms with Crippen molar-refractivity contribution in [3.05, 3.63) is 24.3 Å². The molecular weight excluding hydrogens is 256 g/mol. The van der Waals surface area contributed by atoms with E-state index in [-0.39, 0.29) is 0 Å². The predicted molar refractivity (Wildman–Crippen MR) is 96.8 cm³/mol. The fourth-order valence-electron chi connectivity index (χ4n) is 2.49. The van der Waals surface area contributed by atoms with Crippen molar-refractivity contribution in [1.29, 1.82) is 0 Å². The molecule has 0 N–H and O–H groups in total. The third kappa shape index (κ3) is 9.87. The molecule has 2 unspecified atom stereocenters. The average Bonchev–Trinajstić information content (AvgIpc) is 3.23. The zero-order valence-electron chi connectivity index (χ0n) is 15.3. The van der Waals surface area contributed by atoms with E-state index in [0.29, 0.717) is 0 Å². The first kappa shape index (κ1) is 20.4. The highest BCUT2D eigenvalue weighted by Crippen LogP contribution is 2.40. The maximum Gasteiger partial charge on any atom is 0.0163 e. The summed E-state index contributed by atoms with van der Waals surface area (Å²) in [4.78, 5) is 4.95. The van der Waals surface area contributed by atoms with Gasteiger partial charge in [0.2, 0.25) is 0 Å². The molecule has 1 fully saturated rings. The molecule has 21 heavy (non-hydrogen) atoms. The first-order valence-electron chi connectivity index (χ1n) is 8.91. The molecule has 1 aliphatic carbocycles. The van der Waals surface area contributed by atoms with Crippen molar-refractivity contribution in [2.75, 3.05) is 39.8 Å². The average molecular weight is 295 g/mol. The second-order valence-corrected chi connectivity index (χ2v) is 5.71. The Hall–Kier alpha value is -0.600. The monoisotopic (exact) mass is 294 g/mol. The van der Waals surface area contributed by atoms with E-state index in [9.17, 15) is 0 Å². The number of allylic oxidation sites excluding steroid dienone is 3. The number of likely N-dealkylation sites (N-methyl/N-ethyl adjacent to an activating group) is 2. The molecule has 0 aromatic carbocycles. The zero-order chi connectivity index (χ0) is 16.1. The normalized spacial score (nSPS) is 21.3. The largest absolute Gasteiger partial charge is 0.305 e. The first-order valence-corrected chi connectivity index (χ1v) is 8.91. The van der Waals surface area contributed by atoms with Gasteiger partial charge < -0.3 is 4.90 Å². The molecule has 0 spiro atoms. The quantitative estimate of drug-likeness (QED) is 0.549. The standard InChI is InChI=1S/C17H32N2.C2H6/c1-5-9-16-15-17(16)10-8-12-19(7-3)14-13-18(4)11-6-2;1-2/h5,8-10,16-17H,6-7,11-15H2,1-4H3;1-2H3/b9-5-,10-8+;. The molecule has 0 aromatic rings. The molecule has 0 amide bonds. The van der Waals surface area contributed by atoms with Crippen LogP contribution in [-0.2, 0) is 0 Å². The van der Waals surface area contributed by atoms with Crippen molar-refractivity contribution in [1.82, 2.24) is 9.80 Å². The van der Waals surface area contributed by atoms with Gasteiger partial charge in [0.25, 0.3) is 0 Å². The summed E-state index contributed by atoms with van der Waals surface area (Å²) in [6.07, 6.45) is 11.9. The van der Waals surface area contributed by atoms with Gasteiger partial charge in [-0.1, -0.05) is 52.0 Å². The van der Waals surface area contributed by atoms with E-state index in [1.807, 2.05) is 13.8 Å². The molecule has 1 aliphatic rings. The van der Waals surface area contributed by atoms with Crippen LogP contribution in [0.2, 0.25) is 0 Å². The van der Waals surface area contributed by atoms with Gasteiger partial charge in [-0.2, -0.15) is 0 Å². The van der Waals surface area contributed by atoms with Gasteiger partial charge in [-0.05, 0) is 51.7 Å². The summed E-state index contributed by atoms with van der Waals surface area (Å²) < 4.78 is 0. The Morgan fingerprint density at radius 3 is 2.24 bits per heavy atom. The van der Waals surface area contributed by atoms with E-state index in [0.717, 1.165) is 24.9 Å². The Balaban J connectivity index is 0.00000191. The lowest BCUT2D eigenvalue weighted by atomic mass is 10.2. The second kappa shape index (κ2) is 13.1. The lowest BCUT2D eigenvalue weighted by molar-refractivity contribution is 0.248. The van der Waals surface area contributed by atoms with Gasteiger partial charge in [-0.15, -0.1) is 0 Å². The Morgan fingerprint density at radius 1 is 1.00 bits per heavy atom. The van der Waals surface area contributed by atoms with Crippen molar-refractivity contribution >= 4 is 0 Å². The molecule has 2 heteroatoms. The van der Waals surface area contributed by atoms with Crippen molar-refractivity contribution in [2.24, 2.45) is 11.8 Å². The lowest BCUT2D eigenvalue weighted by Crippen LogP contribution is -2.33. The van der Waals surface area contributed by atoms with Gasteiger partial charge >= 0.3 is 0 Å². The highest BCUT2D eigenvalue weighted by Gasteiger charge is 2.31. The fraction of sp³-hybridized carbons (Fsp3) is 0.789.